The lowest BCUT2D eigenvalue weighted by atomic mass is 10.0. The van der Waals surface area contributed by atoms with Crippen LogP contribution in [0.5, 0.6) is 0 Å². The molecule has 19 heavy (non-hydrogen) atoms. The van der Waals surface area contributed by atoms with Crippen molar-refractivity contribution in [1.29, 1.82) is 0 Å². The molecule has 0 aliphatic rings. The van der Waals surface area contributed by atoms with Crippen molar-refractivity contribution in [2.24, 2.45) is 5.92 Å². The predicted molar refractivity (Wildman–Crippen MR) is 72.2 cm³/mol. The Hall–Kier alpha value is -2.10. The van der Waals surface area contributed by atoms with E-state index in [-0.39, 0.29) is 13.0 Å². The predicted octanol–water partition coefficient (Wildman–Crippen LogP) is 2.44. The van der Waals surface area contributed by atoms with E-state index >= 15 is 0 Å². The molecule has 0 aliphatic heterocycles. The standard InChI is InChI=1S/C15H18O4/c1-3-19-15(17)13(14(16)18-2)11-7-10-12-8-5-4-6-9-12/h4-10,13H,3,11H2,1-2H3/b10-7+. The van der Waals surface area contributed by atoms with E-state index in [1.165, 1.54) is 7.11 Å². The Morgan fingerprint density at radius 1 is 1.21 bits per heavy atom. The number of carbonyl (C=O) groups is 2. The van der Waals surface area contributed by atoms with Crippen molar-refractivity contribution in [3.8, 4) is 0 Å². The van der Waals surface area contributed by atoms with Crippen LogP contribution >= 0.6 is 0 Å². The molecule has 1 atom stereocenters. The smallest absolute Gasteiger partial charge is 0.320 e. The Morgan fingerprint density at radius 3 is 2.47 bits per heavy atom. The fourth-order valence-electron chi connectivity index (χ4n) is 1.58. The third kappa shape index (κ3) is 4.95. The van der Waals surface area contributed by atoms with Crippen molar-refractivity contribution in [1.82, 2.24) is 0 Å². The van der Waals surface area contributed by atoms with Gasteiger partial charge in [-0.1, -0.05) is 42.5 Å². The highest BCUT2D eigenvalue weighted by Crippen LogP contribution is 2.11. The number of allylic oxidation sites excluding steroid dienone is 1. The maximum atomic E-state index is 11.6. The van der Waals surface area contributed by atoms with Crippen molar-refractivity contribution in [3.05, 3.63) is 42.0 Å². The second kappa shape index (κ2) is 8.08. The summed E-state index contributed by atoms with van der Waals surface area (Å²) in [7, 11) is 1.26. The minimum Gasteiger partial charge on any atom is -0.468 e. The first-order valence-electron chi connectivity index (χ1n) is 6.15. The quantitative estimate of drug-likeness (QED) is 0.583. The molecule has 0 aromatic heterocycles. The number of hydrogen-bond acceptors (Lipinski definition) is 4. The van der Waals surface area contributed by atoms with Crippen molar-refractivity contribution >= 4 is 18.0 Å². The fraction of sp³-hybridized carbons (Fsp3) is 0.333. The highest BCUT2D eigenvalue weighted by molar-refractivity contribution is 5.95. The summed E-state index contributed by atoms with van der Waals surface area (Å²) in [6.45, 7) is 1.95. The summed E-state index contributed by atoms with van der Waals surface area (Å²) < 4.78 is 9.47. The van der Waals surface area contributed by atoms with Crippen molar-refractivity contribution in [3.63, 3.8) is 0 Å². The van der Waals surface area contributed by atoms with Gasteiger partial charge in [0.15, 0.2) is 5.92 Å². The van der Waals surface area contributed by atoms with E-state index < -0.39 is 17.9 Å². The van der Waals surface area contributed by atoms with E-state index in [1.54, 1.807) is 13.0 Å². The molecule has 0 saturated carbocycles. The zero-order valence-corrected chi connectivity index (χ0v) is 11.2. The Bertz CT molecular complexity index is 437. The van der Waals surface area contributed by atoms with Gasteiger partial charge in [-0.25, -0.2) is 0 Å². The van der Waals surface area contributed by atoms with Gasteiger partial charge in [0.1, 0.15) is 0 Å². The molecule has 0 aliphatic carbocycles. The Labute approximate surface area is 113 Å². The third-order valence-electron chi connectivity index (χ3n) is 2.54. The second-order valence-corrected chi connectivity index (χ2v) is 3.88. The van der Waals surface area contributed by atoms with E-state index in [1.807, 2.05) is 36.4 Å². The minimum absolute atomic E-state index is 0.245. The van der Waals surface area contributed by atoms with Gasteiger partial charge in [-0.3, -0.25) is 9.59 Å². The van der Waals surface area contributed by atoms with Gasteiger partial charge in [-0.15, -0.1) is 0 Å². The van der Waals surface area contributed by atoms with Crippen LogP contribution in [0.15, 0.2) is 36.4 Å². The highest BCUT2D eigenvalue weighted by Gasteiger charge is 2.27. The molecule has 102 valence electrons. The molecule has 1 aromatic carbocycles. The van der Waals surface area contributed by atoms with Crippen LogP contribution in [-0.2, 0) is 19.1 Å². The molecular formula is C15H18O4. The van der Waals surface area contributed by atoms with E-state index in [2.05, 4.69) is 4.74 Å². The van der Waals surface area contributed by atoms with Crippen LogP contribution in [0, 0.1) is 5.92 Å². The molecule has 1 unspecified atom stereocenters. The van der Waals surface area contributed by atoms with Crippen LogP contribution in [0.1, 0.15) is 18.9 Å². The summed E-state index contributed by atoms with van der Waals surface area (Å²) in [5.74, 6) is -2.02. The summed E-state index contributed by atoms with van der Waals surface area (Å²) in [5, 5.41) is 0. The summed E-state index contributed by atoms with van der Waals surface area (Å²) >= 11 is 0. The zero-order chi connectivity index (χ0) is 14.1. The zero-order valence-electron chi connectivity index (χ0n) is 11.2. The minimum atomic E-state index is -0.898. The average Bonchev–Trinajstić information content (AvgIpc) is 2.44. The lowest BCUT2D eigenvalue weighted by molar-refractivity contribution is -0.160. The Morgan fingerprint density at radius 2 is 1.89 bits per heavy atom. The average molecular weight is 262 g/mol. The van der Waals surface area contributed by atoms with Gasteiger partial charge in [-0.2, -0.15) is 0 Å². The lowest BCUT2D eigenvalue weighted by Crippen LogP contribution is -2.26. The maximum Gasteiger partial charge on any atom is 0.320 e. The number of hydrogen-bond donors (Lipinski definition) is 0. The van der Waals surface area contributed by atoms with Crippen LogP contribution in [0.25, 0.3) is 6.08 Å². The van der Waals surface area contributed by atoms with Crippen molar-refractivity contribution in [2.45, 2.75) is 13.3 Å². The molecule has 4 heteroatoms. The maximum absolute atomic E-state index is 11.6. The van der Waals surface area contributed by atoms with E-state index in [0.29, 0.717) is 0 Å². The summed E-state index contributed by atoms with van der Waals surface area (Å²) in [6.07, 6.45) is 3.89. The summed E-state index contributed by atoms with van der Waals surface area (Å²) in [5.41, 5.74) is 1.01. The van der Waals surface area contributed by atoms with Gasteiger partial charge in [0.25, 0.3) is 0 Å². The van der Waals surface area contributed by atoms with Gasteiger partial charge >= 0.3 is 11.9 Å². The number of methoxy groups -OCH3 is 1. The van der Waals surface area contributed by atoms with Crippen LogP contribution in [0.2, 0.25) is 0 Å². The number of benzene rings is 1. The number of ether oxygens (including phenoxy) is 2. The molecule has 0 spiro atoms. The Kier molecular flexibility index (Phi) is 6.36. The molecule has 0 N–H and O–H groups in total. The van der Waals surface area contributed by atoms with Crippen LogP contribution < -0.4 is 0 Å². The second-order valence-electron chi connectivity index (χ2n) is 3.88. The molecule has 0 saturated heterocycles. The molecule has 0 fully saturated rings. The van der Waals surface area contributed by atoms with Crippen LogP contribution in [0.4, 0.5) is 0 Å². The third-order valence-corrected chi connectivity index (χ3v) is 2.54. The van der Waals surface area contributed by atoms with Crippen LogP contribution in [-0.4, -0.2) is 25.7 Å². The van der Waals surface area contributed by atoms with Gasteiger partial charge in [0.05, 0.1) is 13.7 Å². The summed E-state index contributed by atoms with van der Waals surface area (Å²) in [4.78, 5) is 23.1. The first kappa shape index (κ1) is 15.0. The first-order chi connectivity index (χ1) is 9.19. The topological polar surface area (TPSA) is 52.6 Å². The van der Waals surface area contributed by atoms with Crippen LogP contribution in [0.3, 0.4) is 0 Å². The molecular weight excluding hydrogens is 244 g/mol. The number of carbonyl (C=O) groups excluding carboxylic acids is 2. The SMILES string of the molecule is CCOC(=O)C(C/C=C/c1ccccc1)C(=O)OC. The van der Waals surface area contributed by atoms with E-state index in [0.717, 1.165) is 5.56 Å². The lowest BCUT2D eigenvalue weighted by Gasteiger charge is -2.11. The van der Waals surface area contributed by atoms with E-state index in [9.17, 15) is 9.59 Å². The van der Waals surface area contributed by atoms with E-state index in [4.69, 9.17) is 4.74 Å². The van der Waals surface area contributed by atoms with Gasteiger partial charge in [-0.05, 0) is 18.9 Å². The van der Waals surface area contributed by atoms with Crippen molar-refractivity contribution < 1.29 is 19.1 Å². The molecule has 1 rings (SSSR count). The number of rotatable bonds is 6. The molecule has 0 bridgehead atoms. The molecule has 0 radical (unpaired) electrons. The molecule has 0 amide bonds. The Balaban J connectivity index is 2.65. The fourth-order valence-corrected chi connectivity index (χ4v) is 1.58. The molecule has 1 aromatic rings. The monoisotopic (exact) mass is 262 g/mol. The van der Waals surface area contributed by atoms with Gasteiger partial charge in [0.2, 0.25) is 0 Å². The summed E-state index contributed by atoms with van der Waals surface area (Å²) in [6, 6.07) is 9.64. The first-order valence-corrected chi connectivity index (χ1v) is 6.15. The normalized spacial score (nSPS) is 12.1. The van der Waals surface area contributed by atoms with Gasteiger partial charge in [0, 0.05) is 0 Å². The largest absolute Gasteiger partial charge is 0.468 e. The van der Waals surface area contributed by atoms with Gasteiger partial charge < -0.3 is 9.47 Å². The molecule has 4 nitrogen and oxygen atoms in total. The molecule has 0 heterocycles. The number of esters is 2. The van der Waals surface area contributed by atoms with Crippen molar-refractivity contribution in [2.75, 3.05) is 13.7 Å². The highest BCUT2D eigenvalue weighted by atomic mass is 16.5.